The number of nitriles is 1. The molecular weight excluding hydrogens is 239 g/mol. The largest absolute Gasteiger partial charge is 0.416 e. The summed E-state index contributed by atoms with van der Waals surface area (Å²) in [7, 11) is 0. The maximum atomic E-state index is 12.2. The number of hydrogen-bond acceptors (Lipinski definition) is 1. The Morgan fingerprint density at radius 2 is 1.75 bits per heavy atom. The standard InChI is InChI=1S/C11H7ClF3N/c1-7(6-16)10(12)8-2-4-9(5-3-8)11(13,14)15/h2-5H,1H3/b10-7+. The van der Waals surface area contributed by atoms with E-state index in [1.54, 1.807) is 0 Å². The van der Waals surface area contributed by atoms with Crippen molar-refractivity contribution in [3.63, 3.8) is 0 Å². The van der Waals surface area contributed by atoms with Crippen molar-refractivity contribution < 1.29 is 13.2 Å². The maximum absolute atomic E-state index is 12.2. The fourth-order valence-electron chi connectivity index (χ4n) is 1.07. The van der Waals surface area contributed by atoms with Gasteiger partial charge in [0, 0.05) is 5.57 Å². The van der Waals surface area contributed by atoms with Crippen LogP contribution < -0.4 is 0 Å². The summed E-state index contributed by atoms with van der Waals surface area (Å²) in [6.07, 6.45) is -4.36. The number of nitrogens with zero attached hydrogens (tertiary/aromatic N) is 1. The Labute approximate surface area is 95.8 Å². The Bertz CT molecular complexity index is 452. The first-order chi connectivity index (χ1) is 7.36. The highest BCUT2D eigenvalue weighted by Crippen LogP contribution is 2.31. The molecule has 0 aromatic heterocycles. The Balaban J connectivity index is 3.11. The van der Waals surface area contributed by atoms with Crippen molar-refractivity contribution in [1.29, 1.82) is 5.26 Å². The SMILES string of the molecule is C/C(C#N)=C(\Cl)c1ccc(C(F)(F)F)cc1. The number of allylic oxidation sites excluding steroid dienone is 1. The molecule has 0 saturated carbocycles. The first kappa shape index (κ1) is 12.6. The average Bonchev–Trinajstić information content (AvgIpc) is 2.26. The van der Waals surface area contributed by atoms with E-state index in [1.165, 1.54) is 19.1 Å². The minimum atomic E-state index is -4.36. The molecule has 0 saturated heterocycles. The van der Waals surface area contributed by atoms with Crippen LogP contribution >= 0.6 is 11.6 Å². The van der Waals surface area contributed by atoms with Crippen LogP contribution in [0.3, 0.4) is 0 Å². The zero-order chi connectivity index (χ0) is 12.3. The fourth-order valence-corrected chi connectivity index (χ4v) is 1.24. The van der Waals surface area contributed by atoms with E-state index < -0.39 is 11.7 Å². The Morgan fingerprint density at radius 3 is 2.12 bits per heavy atom. The van der Waals surface area contributed by atoms with Crippen LogP contribution in [-0.2, 0) is 6.18 Å². The van der Waals surface area contributed by atoms with Gasteiger partial charge in [-0.1, -0.05) is 23.7 Å². The third-order valence-corrected chi connectivity index (χ3v) is 2.46. The van der Waals surface area contributed by atoms with Crippen LogP contribution in [0.1, 0.15) is 18.1 Å². The molecule has 0 amide bonds. The molecule has 0 spiro atoms. The Morgan fingerprint density at radius 1 is 1.25 bits per heavy atom. The third kappa shape index (κ3) is 2.77. The van der Waals surface area contributed by atoms with Crippen molar-refractivity contribution in [2.24, 2.45) is 0 Å². The molecule has 0 aliphatic carbocycles. The van der Waals surface area contributed by atoms with Crippen LogP contribution in [0.5, 0.6) is 0 Å². The Hall–Kier alpha value is -1.47. The van der Waals surface area contributed by atoms with E-state index in [-0.39, 0.29) is 10.6 Å². The highest BCUT2D eigenvalue weighted by atomic mass is 35.5. The number of rotatable bonds is 1. The van der Waals surface area contributed by atoms with Gasteiger partial charge in [-0.2, -0.15) is 18.4 Å². The van der Waals surface area contributed by atoms with Gasteiger partial charge in [0.05, 0.1) is 16.7 Å². The lowest BCUT2D eigenvalue weighted by atomic mass is 10.1. The van der Waals surface area contributed by atoms with Crippen LogP contribution in [0.25, 0.3) is 5.03 Å². The zero-order valence-corrected chi connectivity index (χ0v) is 9.02. The molecule has 1 aromatic rings. The lowest BCUT2D eigenvalue weighted by Gasteiger charge is -2.07. The van der Waals surface area contributed by atoms with E-state index in [2.05, 4.69) is 0 Å². The second-order valence-corrected chi connectivity index (χ2v) is 3.50. The second-order valence-electron chi connectivity index (χ2n) is 3.13. The molecule has 0 N–H and O–H groups in total. The van der Waals surface area contributed by atoms with E-state index in [9.17, 15) is 13.2 Å². The molecule has 0 atom stereocenters. The van der Waals surface area contributed by atoms with Gasteiger partial charge in [-0.25, -0.2) is 0 Å². The zero-order valence-electron chi connectivity index (χ0n) is 8.27. The van der Waals surface area contributed by atoms with Gasteiger partial charge in [0.15, 0.2) is 0 Å². The lowest BCUT2D eigenvalue weighted by molar-refractivity contribution is -0.137. The van der Waals surface area contributed by atoms with E-state index >= 15 is 0 Å². The van der Waals surface area contributed by atoms with Gasteiger partial charge in [-0.05, 0) is 24.6 Å². The first-order valence-corrected chi connectivity index (χ1v) is 4.68. The number of halogens is 4. The molecule has 0 aliphatic rings. The highest BCUT2D eigenvalue weighted by molar-refractivity contribution is 6.49. The summed E-state index contributed by atoms with van der Waals surface area (Å²) in [6, 6.07) is 6.18. The van der Waals surface area contributed by atoms with Crippen LogP contribution in [0.2, 0.25) is 0 Å². The quantitative estimate of drug-likeness (QED) is 0.680. The van der Waals surface area contributed by atoms with Gasteiger partial charge in [-0.15, -0.1) is 0 Å². The van der Waals surface area contributed by atoms with Crippen molar-refractivity contribution in [2.45, 2.75) is 13.1 Å². The summed E-state index contributed by atoms with van der Waals surface area (Å²) >= 11 is 5.80. The molecule has 1 nitrogen and oxygen atoms in total. The van der Waals surface area contributed by atoms with E-state index in [4.69, 9.17) is 16.9 Å². The van der Waals surface area contributed by atoms with Crippen molar-refractivity contribution in [3.05, 3.63) is 41.0 Å². The van der Waals surface area contributed by atoms with Crippen molar-refractivity contribution in [2.75, 3.05) is 0 Å². The highest BCUT2D eigenvalue weighted by Gasteiger charge is 2.30. The minimum absolute atomic E-state index is 0.163. The van der Waals surface area contributed by atoms with E-state index in [0.29, 0.717) is 5.56 Å². The van der Waals surface area contributed by atoms with Crippen LogP contribution in [-0.4, -0.2) is 0 Å². The summed E-state index contributed by atoms with van der Waals surface area (Å²) in [6.45, 7) is 1.50. The molecule has 84 valence electrons. The van der Waals surface area contributed by atoms with Gasteiger partial charge >= 0.3 is 6.18 Å². The van der Waals surface area contributed by atoms with E-state index in [1.807, 2.05) is 6.07 Å². The third-order valence-electron chi connectivity index (χ3n) is 1.96. The predicted octanol–water partition coefficient (Wildman–Crippen LogP) is 4.20. The second kappa shape index (κ2) is 4.58. The molecule has 0 radical (unpaired) electrons. The average molecular weight is 246 g/mol. The van der Waals surface area contributed by atoms with Gasteiger partial charge in [0.2, 0.25) is 0 Å². The monoisotopic (exact) mass is 245 g/mol. The summed E-state index contributed by atoms with van der Waals surface area (Å²) in [4.78, 5) is 0. The fraction of sp³-hybridized carbons (Fsp3) is 0.182. The normalized spacial score (nSPS) is 13.0. The van der Waals surface area contributed by atoms with Crippen molar-refractivity contribution >= 4 is 16.6 Å². The first-order valence-electron chi connectivity index (χ1n) is 4.30. The molecule has 16 heavy (non-hydrogen) atoms. The molecule has 0 heterocycles. The topological polar surface area (TPSA) is 23.8 Å². The Kier molecular flexibility index (Phi) is 3.61. The van der Waals surface area contributed by atoms with Gasteiger partial charge in [-0.3, -0.25) is 0 Å². The molecule has 0 bridgehead atoms. The summed E-state index contributed by atoms with van der Waals surface area (Å²) in [5.41, 5.74) is -0.0783. The molecule has 5 heteroatoms. The molecule has 0 fully saturated rings. The van der Waals surface area contributed by atoms with E-state index in [0.717, 1.165) is 12.1 Å². The van der Waals surface area contributed by atoms with Crippen molar-refractivity contribution in [1.82, 2.24) is 0 Å². The smallest absolute Gasteiger partial charge is 0.193 e. The van der Waals surface area contributed by atoms with Gasteiger partial charge in [0.1, 0.15) is 0 Å². The summed E-state index contributed by atoms with van der Waals surface area (Å²) < 4.78 is 36.7. The molecule has 0 aliphatic heterocycles. The molecule has 0 unspecified atom stereocenters. The lowest BCUT2D eigenvalue weighted by Crippen LogP contribution is -2.04. The van der Waals surface area contributed by atoms with Gasteiger partial charge < -0.3 is 0 Å². The summed E-state index contributed by atoms with van der Waals surface area (Å²) in [5.74, 6) is 0. The number of benzene rings is 1. The van der Waals surface area contributed by atoms with Crippen LogP contribution in [0, 0.1) is 11.3 Å². The molecular formula is C11H7ClF3N. The predicted molar refractivity (Wildman–Crippen MR) is 55.5 cm³/mol. The van der Waals surface area contributed by atoms with Gasteiger partial charge in [0.25, 0.3) is 0 Å². The van der Waals surface area contributed by atoms with Crippen LogP contribution in [0.4, 0.5) is 13.2 Å². The molecule has 1 aromatic carbocycles. The minimum Gasteiger partial charge on any atom is -0.193 e. The van der Waals surface area contributed by atoms with Crippen molar-refractivity contribution in [3.8, 4) is 6.07 Å². The number of hydrogen-bond donors (Lipinski definition) is 0. The molecule has 1 rings (SSSR count). The number of alkyl halides is 3. The maximum Gasteiger partial charge on any atom is 0.416 e. The van der Waals surface area contributed by atoms with Crippen LogP contribution in [0.15, 0.2) is 29.8 Å². The summed E-state index contributed by atoms with van der Waals surface area (Å²) in [5, 5.41) is 8.74.